The monoisotopic (exact) mass is 719 g/mol. The summed E-state index contributed by atoms with van der Waals surface area (Å²) in [5, 5.41) is 11.2. The highest BCUT2D eigenvalue weighted by Gasteiger charge is 2.75. The molecule has 3 fully saturated rings. The number of rotatable bonds is 16. The van der Waals surface area contributed by atoms with Crippen molar-refractivity contribution in [1.29, 1.82) is 0 Å². The van der Waals surface area contributed by atoms with Gasteiger partial charge < -0.3 is 29.3 Å². The molecule has 0 saturated carbocycles. The molecule has 3 amide bonds. The highest BCUT2D eigenvalue weighted by atomic mass is 35.5. The van der Waals surface area contributed by atoms with Crippen LogP contribution in [0.15, 0.2) is 79.9 Å². The van der Waals surface area contributed by atoms with Gasteiger partial charge in [0, 0.05) is 30.7 Å². The SMILES string of the molecule is C=CCCC(=O)N(C)[C@H](C)[C@H](OC(=O)[C@@H]1[C@@H]2CC[C@]3(O2)[C@H](C(=O)N(CC=C)c2ccc(Cl)cc2)N([C@@H](CO)CC(C)C)C(=O)[C@@H]13)c1ccccc1. The molecule has 1 spiro atoms. The minimum absolute atomic E-state index is 0.0986. The van der Waals surface area contributed by atoms with Gasteiger partial charge in [0.2, 0.25) is 11.8 Å². The Bertz CT molecular complexity index is 1600. The number of fused-ring (bicyclic) bond motifs is 1. The number of ether oxygens (including phenoxy) is 2. The molecule has 3 aliphatic heterocycles. The second kappa shape index (κ2) is 16.1. The first-order valence-corrected chi connectivity index (χ1v) is 18.2. The van der Waals surface area contributed by atoms with Crippen molar-refractivity contribution < 1.29 is 33.8 Å². The smallest absolute Gasteiger partial charge is 0.313 e. The Kier molecular flexibility index (Phi) is 12.1. The molecule has 8 atom stereocenters. The van der Waals surface area contributed by atoms with Gasteiger partial charge in [-0.3, -0.25) is 19.2 Å². The summed E-state index contributed by atoms with van der Waals surface area (Å²) in [5.74, 6) is -3.43. The van der Waals surface area contributed by atoms with E-state index in [2.05, 4.69) is 13.2 Å². The zero-order chi connectivity index (χ0) is 37.0. The molecule has 0 aliphatic carbocycles. The van der Waals surface area contributed by atoms with Gasteiger partial charge in [0.1, 0.15) is 17.7 Å². The number of allylic oxidation sites excluding steroid dienone is 1. The lowest BCUT2D eigenvalue weighted by atomic mass is 9.70. The number of hydrogen-bond donors (Lipinski definition) is 1. The maximum atomic E-state index is 14.9. The molecule has 2 aromatic rings. The van der Waals surface area contributed by atoms with Gasteiger partial charge in [-0.05, 0) is 68.4 Å². The topological polar surface area (TPSA) is 117 Å². The maximum Gasteiger partial charge on any atom is 0.313 e. The molecule has 5 rings (SSSR count). The first-order chi connectivity index (χ1) is 24.4. The molecule has 0 unspecified atom stereocenters. The largest absolute Gasteiger partial charge is 0.455 e. The minimum Gasteiger partial charge on any atom is -0.455 e. The summed E-state index contributed by atoms with van der Waals surface area (Å²) in [6.07, 6.45) is 3.86. The molecule has 3 aliphatic rings. The standard InChI is InChI=1S/C40H50ClN3O7/c1-7-9-15-32(46)42(6)26(5)35(27-13-11-10-12-14-27)50-39(49)33-31-20-21-40(51-31)34(33)37(47)44(30(24-45)23-25(3)4)36(40)38(48)43(22-8-2)29-18-16-28(41)17-19-29/h7-8,10-14,16-19,25-26,30-31,33-36,45H,1-2,9,15,20-24H2,3-6H3/t26-,30-,31+,33-,34-,35+,36+,40-/m1/s1. The fourth-order valence-corrected chi connectivity index (χ4v) is 8.32. The quantitative estimate of drug-likeness (QED) is 0.174. The number of benzene rings is 2. The van der Waals surface area contributed by atoms with Crippen molar-refractivity contribution in [2.45, 2.75) is 88.8 Å². The molecule has 11 heteroatoms. The van der Waals surface area contributed by atoms with Crippen LogP contribution in [0.3, 0.4) is 0 Å². The molecule has 10 nitrogen and oxygen atoms in total. The normalized spacial score (nSPS) is 25.2. The molecule has 51 heavy (non-hydrogen) atoms. The number of carbonyl (C=O) groups excluding carboxylic acids is 4. The summed E-state index contributed by atoms with van der Waals surface area (Å²) < 4.78 is 13.0. The zero-order valence-corrected chi connectivity index (χ0v) is 30.7. The molecule has 2 bridgehead atoms. The first kappa shape index (κ1) is 38.2. The third-order valence-corrected chi connectivity index (χ3v) is 10.9. The van der Waals surface area contributed by atoms with E-state index in [1.165, 1.54) is 4.90 Å². The van der Waals surface area contributed by atoms with Crippen LogP contribution in [0.5, 0.6) is 0 Å². The number of amides is 3. The number of esters is 1. The van der Waals surface area contributed by atoms with Crippen LogP contribution in [-0.4, -0.2) is 88.6 Å². The van der Waals surface area contributed by atoms with E-state index >= 15 is 0 Å². The molecule has 0 radical (unpaired) electrons. The summed E-state index contributed by atoms with van der Waals surface area (Å²) >= 11 is 6.18. The molecule has 0 aromatic heterocycles. The van der Waals surface area contributed by atoms with Crippen LogP contribution in [0.4, 0.5) is 5.69 Å². The van der Waals surface area contributed by atoms with Crippen molar-refractivity contribution in [1.82, 2.24) is 9.80 Å². The van der Waals surface area contributed by atoms with Crippen LogP contribution in [0.25, 0.3) is 0 Å². The highest BCUT2D eigenvalue weighted by Crippen LogP contribution is 2.59. The maximum absolute atomic E-state index is 14.9. The number of likely N-dealkylation sites (tertiary alicyclic amines) is 1. The Morgan fingerprint density at radius 2 is 1.78 bits per heavy atom. The van der Waals surface area contributed by atoms with E-state index in [1.807, 2.05) is 51.1 Å². The number of likely N-dealkylation sites (N-methyl/N-ethyl adjacent to an activating group) is 1. The summed E-state index contributed by atoms with van der Waals surface area (Å²) in [6, 6.07) is 13.7. The van der Waals surface area contributed by atoms with E-state index in [4.69, 9.17) is 21.1 Å². The fraction of sp³-hybridized carbons (Fsp3) is 0.500. The van der Waals surface area contributed by atoms with Gasteiger partial charge in [-0.1, -0.05) is 67.9 Å². The third kappa shape index (κ3) is 7.36. The molecule has 2 aromatic carbocycles. The number of halogens is 1. The lowest BCUT2D eigenvalue weighted by Gasteiger charge is -2.39. The van der Waals surface area contributed by atoms with Crippen LogP contribution in [0.1, 0.15) is 64.5 Å². The predicted octanol–water partition coefficient (Wildman–Crippen LogP) is 5.74. The zero-order valence-electron chi connectivity index (χ0n) is 29.9. The lowest BCUT2D eigenvalue weighted by Crippen LogP contribution is -2.59. The number of aliphatic hydroxyl groups excluding tert-OH is 1. The summed E-state index contributed by atoms with van der Waals surface area (Å²) in [4.78, 5) is 61.8. The molecule has 274 valence electrons. The van der Waals surface area contributed by atoms with Crippen LogP contribution in [-0.2, 0) is 28.7 Å². The Morgan fingerprint density at radius 1 is 1.10 bits per heavy atom. The second-order valence-electron chi connectivity index (χ2n) is 14.3. The number of hydrogen-bond acceptors (Lipinski definition) is 7. The second-order valence-corrected chi connectivity index (χ2v) is 14.8. The molecule has 3 heterocycles. The van der Waals surface area contributed by atoms with Gasteiger partial charge in [-0.2, -0.15) is 0 Å². The van der Waals surface area contributed by atoms with Gasteiger partial charge in [-0.15, -0.1) is 13.2 Å². The number of aliphatic hydroxyl groups is 1. The Morgan fingerprint density at radius 3 is 2.39 bits per heavy atom. The number of nitrogens with zero attached hydrogens (tertiary/aromatic N) is 3. The predicted molar refractivity (Wildman–Crippen MR) is 196 cm³/mol. The molecular formula is C40H50ClN3O7. The summed E-state index contributed by atoms with van der Waals surface area (Å²) in [7, 11) is 1.68. The highest BCUT2D eigenvalue weighted by molar-refractivity contribution is 6.30. The Labute approximate surface area is 306 Å². The van der Waals surface area contributed by atoms with Crippen LogP contribution in [0, 0.1) is 17.8 Å². The van der Waals surface area contributed by atoms with Crippen molar-refractivity contribution in [3.8, 4) is 0 Å². The average Bonchev–Trinajstić information content (AvgIpc) is 3.78. The van der Waals surface area contributed by atoms with Crippen molar-refractivity contribution in [2.24, 2.45) is 17.8 Å². The average molecular weight is 720 g/mol. The van der Waals surface area contributed by atoms with Crippen LogP contribution in [0.2, 0.25) is 5.02 Å². The summed E-state index contributed by atoms with van der Waals surface area (Å²) in [6.45, 7) is 13.2. The fourth-order valence-electron chi connectivity index (χ4n) is 8.20. The Balaban J connectivity index is 1.53. The third-order valence-electron chi connectivity index (χ3n) is 10.7. The van der Waals surface area contributed by atoms with Crippen molar-refractivity contribution in [3.63, 3.8) is 0 Å². The van der Waals surface area contributed by atoms with Crippen LogP contribution < -0.4 is 4.90 Å². The van der Waals surface area contributed by atoms with E-state index in [-0.39, 0.29) is 37.3 Å². The number of anilines is 1. The lowest BCUT2D eigenvalue weighted by molar-refractivity contribution is -0.165. The van der Waals surface area contributed by atoms with Crippen molar-refractivity contribution in [2.75, 3.05) is 25.1 Å². The van der Waals surface area contributed by atoms with E-state index < -0.39 is 59.6 Å². The molecule has 3 saturated heterocycles. The molecule has 1 N–H and O–H groups in total. The van der Waals surface area contributed by atoms with Gasteiger partial charge in [0.05, 0.1) is 36.6 Å². The van der Waals surface area contributed by atoms with E-state index in [1.54, 1.807) is 53.3 Å². The molecular weight excluding hydrogens is 670 g/mol. The van der Waals surface area contributed by atoms with E-state index in [9.17, 15) is 24.3 Å². The number of carbonyl (C=O) groups is 4. The van der Waals surface area contributed by atoms with Gasteiger partial charge >= 0.3 is 5.97 Å². The van der Waals surface area contributed by atoms with Gasteiger partial charge in [0.25, 0.3) is 5.91 Å². The first-order valence-electron chi connectivity index (χ1n) is 17.8. The van der Waals surface area contributed by atoms with Crippen LogP contribution >= 0.6 is 11.6 Å². The van der Waals surface area contributed by atoms with E-state index in [0.29, 0.717) is 42.0 Å². The minimum atomic E-state index is -1.32. The Hall–Kier alpha value is -3.99. The summed E-state index contributed by atoms with van der Waals surface area (Å²) in [5.41, 5.74) is -0.0477. The van der Waals surface area contributed by atoms with Gasteiger partial charge in [0.15, 0.2) is 0 Å². The van der Waals surface area contributed by atoms with Crippen molar-refractivity contribution >= 4 is 41.0 Å². The van der Waals surface area contributed by atoms with E-state index in [0.717, 1.165) is 0 Å². The van der Waals surface area contributed by atoms with Crippen molar-refractivity contribution in [3.05, 3.63) is 90.5 Å². The van der Waals surface area contributed by atoms with Gasteiger partial charge in [-0.25, -0.2) is 0 Å².